The number of aromatic nitrogens is 1. The van der Waals surface area contributed by atoms with E-state index in [0.717, 1.165) is 10.9 Å². The van der Waals surface area contributed by atoms with Gasteiger partial charge in [-0.1, -0.05) is 18.2 Å². The van der Waals surface area contributed by atoms with Crippen LogP contribution in [0.25, 0.3) is 10.9 Å². The molecule has 3 saturated heterocycles. The number of ether oxygens (including phenoxy) is 2. The Morgan fingerprint density at radius 1 is 0.706 bits per heavy atom. The lowest BCUT2D eigenvalue weighted by Gasteiger charge is -2.36. The van der Waals surface area contributed by atoms with E-state index in [9.17, 15) is 14.4 Å². The lowest BCUT2D eigenvalue weighted by atomic mass is 10.1. The molecule has 10 nitrogen and oxygen atoms in total. The second-order valence-corrected chi connectivity index (χ2v) is 8.63. The third-order valence-corrected chi connectivity index (χ3v) is 6.60. The zero-order valence-electron chi connectivity index (χ0n) is 19.1. The Labute approximate surface area is 198 Å². The average molecular weight is 468 g/mol. The van der Waals surface area contributed by atoms with Gasteiger partial charge in [-0.3, -0.25) is 14.4 Å². The maximum Gasteiger partial charge on any atom is 0.312 e. The number of amides is 3. The Kier molecular flexibility index (Phi) is 6.59. The van der Waals surface area contributed by atoms with E-state index in [2.05, 4.69) is 4.90 Å². The van der Waals surface area contributed by atoms with Gasteiger partial charge in [0.25, 0.3) is 5.91 Å². The summed E-state index contributed by atoms with van der Waals surface area (Å²) in [5.41, 5.74) is 1.39. The Hall–Kier alpha value is -3.24. The molecule has 2 aromatic rings. The van der Waals surface area contributed by atoms with E-state index in [-0.39, 0.29) is 5.91 Å². The fourth-order valence-electron chi connectivity index (χ4n) is 4.61. The van der Waals surface area contributed by atoms with Crippen LogP contribution in [0.1, 0.15) is 10.4 Å². The molecule has 1 aromatic heterocycles. The van der Waals surface area contributed by atoms with Gasteiger partial charge in [0.05, 0.1) is 37.5 Å². The van der Waals surface area contributed by atoms with E-state index in [1.54, 1.807) is 9.80 Å². The normalized spacial score (nSPS) is 19.4. The number of piperazine rings is 1. The van der Waals surface area contributed by atoms with Crippen LogP contribution in [0.5, 0.6) is 0 Å². The van der Waals surface area contributed by atoms with Gasteiger partial charge in [-0.05, 0) is 12.1 Å². The van der Waals surface area contributed by atoms with Gasteiger partial charge in [0.2, 0.25) is 0 Å². The van der Waals surface area contributed by atoms with Crippen LogP contribution in [0.2, 0.25) is 0 Å². The van der Waals surface area contributed by atoms with Crippen LogP contribution >= 0.6 is 0 Å². The number of hydrogen-bond donors (Lipinski definition) is 0. The molecule has 10 heteroatoms. The van der Waals surface area contributed by atoms with Gasteiger partial charge in [-0.15, -0.1) is 0 Å². The predicted octanol–water partition coefficient (Wildman–Crippen LogP) is 0.215. The fourth-order valence-corrected chi connectivity index (χ4v) is 4.61. The molecule has 34 heavy (non-hydrogen) atoms. The molecule has 0 atom stereocenters. The standard InChI is InChI=1S/C24H29N5O5/c30-22(28-9-13-33-14-10-28)19-17-21(25-20-4-2-1-3-18(19)20)26-5-7-27(8-6-26)23(31)24(32)29-11-15-34-16-12-29/h1-4,17H,5-16H2. The Morgan fingerprint density at radius 3 is 1.91 bits per heavy atom. The highest BCUT2D eigenvalue weighted by Gasteiger charge is 2.31. The first-order valence-corrected chi connectivity index (χ1v) is 11.8. The fraction of sp³-hybridized carbons (Fsp3) is 0.500. The molecular formula is C24H29N5O5. The van der Waals surface area contributed by atoms with Crippen LogP contribution in [-0.4, -0.2) is 116 Å². The summed E-state index contributed by atoms with van der Waals surface area (Å²) in [5.74, 6) is -0.231. The molecule has 0 radical (unpaired) electrons. The van der Waals surface area contributed by atoms with E-state index in [0.29, 0.717) is 90.2 Å². The molecule has 4 heterocycles. The van der Waals surface area contributed by atoms with E-state index in [4.69, 9.17) is 14.5 Å². The molecule has 3 aliphatic rings. The maximum atomic E-state index is 13.3. The second kappa shape index (κ2) is 9.94. The first-order chi connectivity index (χ1) is 16.6. The van der Waals surface area contributed by atoms with Gasteiger partial charge in [-0.25, -0.2) is 4.98 Å². The molecular weight excluding hydrogens is 438 g/mol. The van der Waals surface area contributed by atoms with E-state index in [1.165, 1.54) is 0 Å². The SMILES string of the molecule is O=C(C(=O)N1CCN(c2cc(C(=O)N3CCOCC3)c3ccccc3n2)CC1)N1CCOCC1. The van der Waals surface area contributed by atoms with Gasteiger partial charge < -0.3 is 29.1 Å². The molecule has 0 saturated carbocycles. The molecule has 0 N–H and O–H groups in total. The Morgan fingerprint density at radius 2 is 1.26 bits per heavy atom. The van der Waals surface area contributed by atoms with Crippen LogP contribution in [-0.2, 0) is 19.1 Å². The minimum atomic E-state index is -0.462. The van der Waals surface area contributed by atoms with Crippen LogP contribution in [0.15, 0.2) is 30.3 Å². The van der Waals surface area contributed by atoms with Crippen molar-refractivity contribution in [2.45, 2.75) is 0 Å². The van der Waals surface area contributed by atoms with Crippen LogP contribution in [0.3, 0.4) is 0 Å². The van der Waals surface area contributed by atoms with Crippen molar-refractivity contribution in [2.24, 2.45) is 0 Å². The van der Waals surface area contributed by atoms with Crippen molar-refractivity contribution in [3.8, 4) is 0 Å². The van der Waals surface area contributed by atoms with Gasteiger partial charge in [0, 0.05) is 57.7 Å². The van der Waals surface area contributed by atoms with Crippen molar-refractivity contribution in [3.05, 3.63) is 35.9 Å². The number of anilines is 1. The molecule has 180 valence electrons. The smallest absolute Gasteiger partial charge is 0.312 e. The molecule has 3 amide bonds. The first kappa shape index (κ1) is 22.5. The summed E-state index contributed by atoms with van der Waals surface area (Å²) in [6.45, 7) is 5.99. The zero-order valence-corrected chi connectivity index (χ0v) is 19.1. The molecule has 0 bridgehead atoms. The number of benzene rings is 1. The number of nitrogens with zero attached hydrogens (tertiary/aromatic N) is 5. The summed E-state index contributed by atoms with van der Waals surface area (Å²) < 4.78 is 10.7. The number of morpholine rings is 2. The van der Waals surface area contributed by atoms with E-state index >= 15 is 0 Å². The van der Waals surface area contributed by atoms with E-state index < -0.39 is 11.8 Å². The second-order valence-electron chi connectivity index (χ2n) is 8.63. The topological polar surface area (TPSA) is 95.5 Å². The minimum absolute atomic E-state index is 0.0203. The molecule has 0 spiro atoms. The maximum absolute atomic E-state index is 13.3. The molecule has 0 unspecified atom stereocenters. The van der Waals surface area contributed by atoms with Crippen LogP contribution in [0.4, 0.5) is 5.82 Å². The summed E-state index contributed by atoms with van der Waals surface area (Å²) in [6.07, 6.45) is 0. The Bertz CT molecular complexity index is 1070. The number of rotatable bonds is 2. The number of hydrogen-bond acceptors (Lipinski definition) is 7. The molecule has 0 aliphatic carbocycles. The van der Waals surface area contributed by atoms with Crippen LogP contribution in [0, 0.1) is 0 Å². The minimum Gasteiger partial charge on any atom is -0.378 e. The van der Waals surface area contributed by atoms with Crippen molar-refractivity contribution in [1.29, 1.82) is 0 Å². The van der Waals surface area contributed by atoms with Crippen molar-refractivity contribution < 1.29 is 23.9 Å². The largest absolute Gasteiger partial charge is 0.378 e. The molecule has 3 aliphatic heterocycles. The number of carbonyl (C=O) groups excluding carboxylic acids is 3. The van der Waals surface area contributed by atoms with Crippen LogP contribution < -0.4 is 4.90 Å². The predicted molar refractivity (Wildman–Crippen MR) is 125 cm³/mol. The molecule has 5 rings (SSSR count). The number of pyridine rings is 1. The van der Waals surface area contributed by atoms with Crippen molar-refractivity contribution in [3.63, 3.8) is 0 Å². The zero-order chi connectivity index (χ0) is 23.5. The van der Waals surface area contributed by atoms with Crippen molar-refractivity contribution >= 4 is 34.4 Å². The number of para-hydroxylation sites is 1. The molecule has 3 fully saturated rings. The summed E-state index contributed by atoms with van der Waals surface area (Å²) in [5, 5.41) is 0.827. The monoisotopic (exact) mass is 467 g/mol. The van der Waals surface area contributed by atoms with Gasteiger partial charge in [-0.2, -0.15) is 0 Å². The third-order valence-electron chi connectivity index (χ3n) is 6.60. The van der Waals surface area contributed by atoms with Gasteiger partial charge >= 0.3 is 11.8 Å². The summed E-state index contributed by atoms with van der Waals surface area (Å²) >= 11 is 0. The first-order valence-electron chi connectivity index (χ1n) is 11.8. The third kappa shape index (κ3) is 4.55. The van der Waals surface area contributed by atoms with Gasteiger partial charge in [0.1, 0.15) is 5.82 Å². The molecule has 1 aromatic carbocycles. The Balaban J connectivity index is 1.31. The van der Waals surface area contributed by atoms with Gasteiger partial charge in [0.15, 0.2) is 0 Å². The quantitative estimate of drug-likeness (QED) is 0.583. The van der Waals surface area contributed by atoms with Crippen molar-refractivity contribution in [2.75, 3.05) is 83.7 Å². The van der Waals surface area contributed by atoms with E-state index in [1.807, 2.05) is 35.2 Å². The lowest BCUT2D eigenvalue weighted by Crippen LogP contribution is -2.54. The average Bonchev–Trinajstić information content (AvgIpc) is 2.92. The summed E-state index contributed by atoms with van der Waals surface area (Å²) in [6, 6.07) is 9.52. The summed E-state index contributed by atoms with van der Waals surface area (Å²) in [7, 11) is 0. The highest BCUT2D eigenvalue weighted by atomic mass is 16.5. The highest BCUT2D eigenvalue weighted by molar-refractivity contribution is 6.35. The highest BCUT2D eigenvalue weighted by Crippen LogP contribution is 2.25. The number of fused-ring (bicyclic) bond motifs is 1. The van der Waals surface area contributed by atoms with Crippen molar-refractivity contribution in [1.82, 2.24) is 19.7 Å². The summed E-state index contributed by atoms with van der Waals surface area (Å²) in [4.78, 5) is 50.5. The number of carbonyl (C=O) groups is 3. The lowest BCUT2D eigenvalue weighted by molar-refractivity contribution is -0.154.